The summed E-state index contributed by atoms with van der Waals surface area (Å²) in [5, 5.41) is 15.3. The van der Waals surface area contributed by atoms with Crippen LogP contribution in [0.1, 0.15) is 27.7 Å². The number of non-ortho nitro benzene ring substituents is 1. The molecule has 0 saturated heterocycles. The van der Waals surface area contributed by atoms with Crippen LogP contribution in [0.15, 0.2) is 78.0 Å². The van der Waals surface area contributed by atoms with E-state index >= 15 is 0 Å². The molecule has 0 radical (unpaired) electrons. The molecule has 156 valence electrons. The molecule has 4 rings (SSSR count). The summed E-state index contributed by atoms with van der Waals surface area (Å²) in [5.74, 6) is -0.545. The summed E-state index contributed by atoms with van der Waals surface area (Å²) in [7, 11) is 1.30. The Morgan fingerprint density at radius 3 is 2.48 bits per heavy atom. The number of hydrogen-bond acceptors (Lipinski definition) is 7. The standard InChI is InChI=1S/C22H16FN3O5/c1-30-22(27)15-7-5-14(6-8-15)21-25(18-11-9-17(23)10-12-18)20(24-31-21)16-3-2-4-19(13-16)26(28)29/h2-13,21H,1H3. The van der Waals surface area contributed by atoms with Crippen molar-refractivity contribution in [1.82, 2.24) is 0 Å². The fourth-order valence-corrected chi connectivity index (χ4v) is 3.22. The Bertz CT molecular complexity index is 1160. The van der Waals surface area contributed by atoms with Gasteiger partial charge in [0.1, 0.15) is 5.82 Å². The third kappa shape index (κ3) is 3.93. The van der Waals surface area contributed by atoms with Crippen molar-refractivity contribution in [3.63, 3.8) is 0 Å². The van der Waals surface area contributed by atoms with E-state index in [-0.39, 0.29) is 5.69 Å². The second-order valence-electron chi connectivity index (χ2n) is 6.64. The van der Waals surface area contributed by atoms with Gasteiger partial charge < -0.3 is 9.57 Å². The molecule has 0 fully saturated rings. The fourth-order valence-electron chi connectivity index (χ4n) is 3.22. The number of carbonyl (C=O) groups is 1. The van der Waals surface area contributed by atoms with Crippen LogP contribution < -0.4 is 4.90 Å². The molecule has 0 aliphatic carbocycles. The number of halogens is 1. The minimum Gasteiger partial charge on any atom is -0.465 e. The fraction of sp³-hybridized carbons (Fsp3) is 0.0909. The van der Waals surface area contributed by atoms with Crippen LogP contribution in [-0.4, -0.2) is 23.8 Å². The SMILES string of the molecule is COC(=O)c1ccc(C2ON=C(c3cccc([N+](=O)[O-])c3)N2c2ccc(F)cc2)cc1. The number of hydrogen-bond donors (Lipinski definition) is 0. The lowest BCUT2D eigenvalue weighted by Gasteiger charge is -2.25. The van der Waals surface area contributed by atoms with Crippen molar-refractivity contribution in [3.05, 3.63) is 105 Å². The van der Waals surface area contributed by atoms with E-state index in [1.54, 1.807) is 53.4 Å². The van der Waals surface area contributed by atoms with Gasteiger partial charge in [0.15, 0.2) is 5.84 Å². The second kappa shape index (κ2) is 8.23. The monoisotopic (exact) mass is 421 g/mol. The molecular formula is C22H16FN3O5. The van der Waals surface area contributed by atoms with Crippen molar-refractivity contribution in [2.24, 2.45) is 5.16 Å². The van der Waals surface area contributed by atoms with Crippen LogP contribution in [0.3, 0.4) is 0 Å². The predicted octanol–water partition coefficient (Wildman–Crippen LogP) is 4.42. The lowest BCUT2D eigenvalue weighted by Crippen LogP contribution is -2.31. The summed E-state index contributed by atoms with van der Waals surface area (Å²) < 4.78 is 18.2. The summed E-state index contributed by atoms with van der Waals surface area (Å²) in [6.45, 7) is 0. The normalized spacial score (nSPS) is 15.2. The highest BCUT2D eigenvalue weighted by atomic mass is 19.1. The van der Waals surface area contributed by atoms with E-state index in [0.717, 1.165) is 0 Å². The number of rotatable bonds is 5. The molecule has 8 nitrogen and oxygen atoms in total. The average molecular weight is 421 g/mol. The average Bonchev–Trinajstić information content (AvgIpc) is 3.24. The number of carbonyl (C=O) groups excluding carboxylic acids is 1. The van der Waals surface area contributed by atoms with Gasteiger partial charge in [0.05, 0.1) is 17.6 Å². The lowest BCUT2D eigenvalue weighted by molar-refractivity contribution is -0.384. The van der Waals surface area contributed by atoms with Crippen molar-refractivity contribution in [2.45, 2.75) is 6.23 Å². The van der Waals surface area contributed by atoms with Crippen LogP contribution in [0.5, 0.6) is 0 Å². The molecule has 31 heavy (non-hydrogen) atoms. The van der Waals surface area contributed by atoms with E-state index in [1.807, 2.05) is 0 Å². The smallest absolute Gasteiger partial charge is 0.337 e. The Labute approximate surface area is 176 Å². The minimum atomic E-state index is -0.730. The largest absolute Gasteiger partial charge is 0.465 e. The highest BCUT2D eigenvalue weighted by Gasteiger charge is 2.34. The third-order valence-corrected chi connectivity index (χ3v) is 4.74. The number of amidine groups is 1. The molecular weight excluding hydrogens is 405 g/mol. The maximum absolute atomic E-state index is 13.5. The van der Waals surface area contributed by atoms with Crippen LogP contribution >= 0.6 is 0 Å². The Balaban J connectivity index is 1.75. The van der Waals surface area contributed by atoms with E-state index in [2.05, 4.69) is 5.16 Å². The number of nitro benzene ring substituents is 1. The lowest BCUT2D eigenvalue weighted by atomic mass is 10.1. The molecule has 0 bridgehead atoms. The van der Waals surface area contributed by atoms with Gasteiger partial charge >= 0.3 is 5.97 Å². The summed E-state index contributed by atoms with van der Waals surface area (Å²) >= 11 is 0. The Morgan fingerprint density at radius 1 is 1.13 bits per heavy atom. The van der Waals surface area contributed by atoms with E-state index in [1.165, 1.54) is 31.4 Å². The van der Waals surface area contributed by atoms with Gasteiger partial charge in [-0.2, -0.15) is 0 Å². The van der Waals surface area contributed by atoms with Gasteiger partial charge in [0, 0.05) is 28.9 Å². The van der Waals surface area contributed by atoms with Crippen molar-refractivity contribution in [2.75, 3.05) is 12.0 Å². The van der Waals surface area contributed by atoms with Crippen molar-refractivity contribution < 1.29 is 23.7 Å². The number of nitrogens with zero attached hydrogens (tertiary/aromatic N) is 3. The minimum absolute atomic E-state index is 0.0925. The molecule has 3 aromatic rings. The van der Waals surface area contributed by atoms with E-state index in [4.69, 9.17) is 9.57 Å². The highest BCUT2D eigenvalue weighted by Crippen LogP contribution is 2.35. The number of nitro groups is 1. The first-order valence-electron chi connectivity index (χ1n) is 9.19. The molecule has 0 aromatic heterocycles. The van der Waals surface area contributed by atoms with E-state index in [0.29, 0.717) is 28.2 Å². The molecule has 0 spiro atoms. The van der Waals surface area contributed by atoms with Crippen LogP contribution in [-0.2, 0) is 9.57 Å². The summed E-state index contributed by atoms with van der Waals surface area (Å²) in [6, 6.07) is 18.3. The van der Waals surface area contributed by atoms with E-state index < -0.39 is 22.9 Å². The zero-order chi connectivity index (χ0) is 22.0. The number of oxime groups is 1. The molecule has 3 aromatic carbocycles. The van der Waals surface area contributed by atoms with Gasteiger partial charge in [-0.25, -0.2) is 9.18 Å². The maximum atomic E-state index is 13.5. The Hall–Kier alpha value is -4.27. The Morgan fingerprint density at radius 2 is 1.84 bits per heavy atom. The summed E-state index contributed by atoms with van der Waals surface area (Å²) in [4.78, 5) is 29.8. The molecule has 1 atom stereocenters. The number of benzene rings is 3. The second-order valence-corrected chi connectivity index (χ2v) is 6.64. The van der Waals surface area contributed by atoms with Crippen molar-refractivity contribution >= 4 is 23.2 Å². The van der Waals surface area contributed by atoms with Crippen LogP contribution in [0.2, 0.25) is 0 Å². The van der Waals surface area contributed by atoms with Gasteiger partial charge in [-0.1, -0.05) is 29.4 Å². The van der Waals surface area contributed by atoms with Crippen molar-refractivity contribution in [3.8, 4) is 0 Å². The third-order valence-electron chi connectivity index (χ3n) is 4.74. The van der Waals surface area contributed by atoms with Crippen LogP contribution in [0.25, 0.3) is 0 Å². The maximum Gasteiger partial charge on any atom is 0.337 e. The molecule has 0 N–H and O–H groups in total. The zero-order valence-corrected chi connectivity index (χ0v) is 16.3. The van der Waals surface area contributed by atoms with E-state index in [9.17, 15) is 19.3 Å². The molecule has 0 saturated carbocycles. The Kier molecular flexibility index (Phi) is 5.31. The summed E-state index contributed by atoms with van der Waals surface area (Å²) in [5.41, 5.74) is 1.99. The molecule has 1 heterocycles. The van der Waals surface area contributed by atoms with Crippen LogP contribution in [0.4, 0.5) is 15.8 Å². The van der Waals surface area contributed by atoms with Gasteiger partial charge in [-0.3, -0.25) is 15.0 Å². The number of methoxy groups -OCH3 is 1. The van der Waals surface area contributed by atoms with Gasteiger partial charge in [0.25, 0.3) is 5.69 Å². The first kappa shape index (κ1) is 20.0. The highest BCUT2D eigenvalue weighted by molar-refractivity contribution is 6.11. The number of ether oxygens (including phenoxy) is 1. The topological polar surface area (TPSA) is 94.3 Å². The predicted molar refractivity (Wildman–Crippen MR) is 110 cm³/mol. The zero-order valence-electron chi connectivity index (χ0n) is 16.3. The molecule has 0 amide bonds. The molecule has 1 aliphatic heterocycles. The van der Waals surface area contributed by atoms with Crippen molar-refractivity contribution in [1.29, 1.82) is 0 Å². The van der Waals surface area contributed by atoms with Gasteiger partial charge in [0.2, 0.25) is 6.23 Å². The quantitative estimate of drug-likeness (QED) is 0.344. The summed E-state index contributed by atoms with van der Waals surface area (Å²) in [6.07, 6.45) is -0.730. The molecule has 1 unspecified atom stereocenters. The first-order valence-corrected chi connectivity index (χ1v) is 9.19. The molecule has 1 aliphatic rings. The van der Waals surface area contributed by atoms with Crippen LogP contribution in [0, 0.1) is 15.9 Å². The first-order chi connectivity index (χ1) is 15.0. The number of anilines is 1. The van der Waals surface area contributed by atoms with Gasteiger partial charge in [-0.15, -0.1) is 0 Å². The molecule has 9 heteroatoms. The van der Waals surface area contributed by atoms with Gasteiger partial charge in [-0.05, 0) is 36.4 Å². The number of esters is 1.